The summed E-state index contributed by atoms with van der Waals surface area (Å²) in [6.45, 7) is 4.13. The molecule has 24 heavy (non-hydrogen) atoms. The Morgan fingerprint density at radius 1 is 1.46 bits per heavy atom. The molecule has 0 radical (unpaired) electrons. The maximum Gasteiger partial charge on any atom is 0.252 e. The molecule has 0 fully saturated rings. The van der Waals surface area contributed by atoms with E-state index in [1.807, 2.05) is 24.3 Å². The molecule has 0 bridgehead atoms. The van der Waals surface area contributed by atoms with Crippen LogP contribution in [0.3, 0.4) is 0 Å². The van der Waals surface area contributed by atoms with Crippen LogP contribution < -0.4 is 10.2 Å². The molecule has 0 unspecified atom stereocenters. The van der Waals surface area contributed by atoms with Crippen LogP contribution in [0.4, 0.5) is 5.88 Å². The molecule has 1 aromatic carbocycles. The summed E-state index contributed by atoms with van der Waals surface area (Å²) in [4.78, 5) is 4.25. The van der Waals surface area contributed by atoms with E-state index in [-0.39, 0.29) is 17.5 Å². The maximum atomic E-state index is 9.20. The van der Waals surface area contributed by atoms with E-state index in [0.717, 1.165) is 22.9 Å². The number of halogens is 1. The zero-order chi connectivity index (χ0) is 17.5. The third kappa shape index (κ3) is 4.15. The molecule has 0 aliphatic carbocycles. The Bertz CT molecular complexity index is 760. The largest absolute Gasteiger partial charge is 0.496 e. The second kappa shape index (κ2) is 8.50. The van der Waals surface area contributed by atoms with Crippen molar-refractivity contribution in [2.45, 2.75) is 32.6 Å². The normalized spacial score (nSPS) is 11.0. The van der Waals surface area contributed by atoms with Crippen LogP contribution in [0.5, 0.6) is 5.75 Å². The molecule has 0 saturated carbocycles. The van der Waals surface area contributed by atoms with Crippen molar-refractivity contribution in [3.8, 4) is 11.8 Å². The first-order valence-corrected chi connectivity index (χ1v) is 8.45. The van der Waals surface area contributed by atoms with Crippen molar-refractivity contribution < 1.29 is 9.15 Å². The Balaban J connectivity index is 2.20. The van der Waals surface area contributed by atoms with E-state index >= 15 is 0 Å². The molecule has 0 aliphatic rings. The Kier molecular flexibility index (Phi) is 6.38. The first-order valence-electron chi connectivity index (χ1n) is 7.66. The number of ether oxygens (including phenoxy) is 1. The third-order valence-electron chi connectivity index (χ3n) is 3.65. The van der Waals surface area contributed by atoms with Crippen molar-refractivity contribution in [2.24, 2.45) is 5.10 Å². The van der Waals surface area contributed by atoms with E-state index < -0.39 is 0 Å². The lowest BCUT2D eigenvalue weighted by Gasteiger charge is -2.06. The monoisotopic (exact) mass is 390 g/mol. The molecule has 0 amide bonds. The molecule has 0 spiro atoms. The van der Waals surface area contributed by atoms with Crippen LogP contribution >= 0.6 is 15.9 Å². The van der Waals surface area contributed by atoms with Gasteiger partial charge in [0.1, 0.15) is 11.8 Å². The summed E-state index contributed by atoms with van der Waals surface area (Å²) in [7, 11) is 1.60. The number of rotatable bonds is 7. The Labute approximate surface area is 149 Å². The van der Waals surface area contributed by atoms with Crippen LogP contribution in [0.2, 0.25) is 0 Å². The summed E-state index contributed by atoms with van der Waals surface area (Å²) >= 11 is 3.41. The van der Waals surface area contributed by atoms with Crippen LogP contribution in [0.15, 0.2) is 32.2 Å². The number of hydrogen-bond acceptors (Lipinski definition) is 6. The SMILES string of the molecule is CCC(CC)c1nc(C#N)c(NN=Cc2cc(Br)ccc2OC)o1. The third-order valence-corrected chi connectivity index (χ3v) is 4.14. The molecule has 2 aromatic rings. The average molecular weight is 391 g/mol. The number of hydrogen-bond donors (Lipinski definition) is 1. The van der Waals surface area contributed by atoms with Gasteiger partial charge in [-0.1, -0.05) is 29.8 Å². The van der Waals surface area contributed by atoms with Crippen LogP contribution in [0, 0.1) is 11.3 Å². The fourth-order valence-corrected chi connectivity index (χ4v) is 2.65. The highest BCUT2D eigenvalue weighted by atomic mass is 79.9. The van der Waals surface area contributed by atoms with Crippen molar-refractivity contribution in [2.75, 3.05) is 12.5 Å². The van der Waals surface area contributed by atoms with Crippen LogP contribution in [-0.4, -0.2) is 18.3 Å². The Morgan fingerprint density at radius 3 is 2.83 bits per heavy atom. The smallest absolute Gasteiger partial charge is 0.252 e. The van der Waals surface area contributed by atoms with Gasteiger partial charge in [0, 0.05) is 16.0 Å². The maximum absolute atomic E-state index is 9.20. The number of nitrogens with one attached hydrogen (secondary N) is 1. The van der Waals surface area contributed by atoms with Crippen molar-refractivity contribution in [3.05, 3.63) is 39.8 Å². The molecule has 6 nitrogen and oxygen atoms in total. The van der Waals surface area contributed by atoms with Gasteiger partial charge in [-0.2, -0.15) is 10.4 Å². The minimum absolute atomic E-state index is 0.196. The molecule has 1 aromatic heterocycles. The highest BCUT2D eigenvalue weighted by Gasteiger charge is 2.18. The number of anilines is 1. The van der Waals surface area contributed by atoms with Crippen LogP contribution in [0.1, 0.15) is 49.8 Å². The Hall–Kier alpha value is -2.33. The fourth-order valence-electron chi connectivity index (χ4n) is 2.27. The summed E-state index contributed by atoms with van der Waals surface area (Å²) in [6, 6.07) is 7.63. The molecule has 1 heterocycles. The van der Waals surface area contributed by atoms with Gasteiger partial charge in [0.05, 0.1) is 13.3 Å². The summed E-state index contributed by atoms with van der Waals surface area (Å²) in [5.74, 6) is 1.71. The molecule has 7 heteroatoms. The average Bonchev–Trinajstić information content (AvgIpc) is 2.99. The van der Waals surface area contributed by atoms with E-state index in [1.54, 1.807) is 13.3 Å². The number of nitrogens with zero attached hydrogens (tertiary/aromatic N) is 3. The van der Waals surface area contributed by atoms with Gasteiger partial charge in [-0.25, -0.2) is 10.4 Å². The first kappa shape index (κ1) is 18.0. The number of nitriles is 1. The lowest BCUT2D eigenvalue weighted by atomic mass is 10.0. The Morgan fingerprint density at radius 2 is 2.21 bits per heavy atom. The molecule has 1 N–H and O–H groups in total. The predicted octanol–water partition coefficient (Wildman–Crippen LogP) is 4.67. The van der Waals surface area contributed by atoms with Crippen molar-refractivity contribution >= 4 is 28.0 Å². The van der Waals surface area contributed by atoms with Crippen LogP contribution in [-0.2, 0) is 0 Å². The number of aromatic nitrogens is 1. The van der Waals surface area contributed by atoms with Gasteiger partial charge in [0.25, 0.3) is 5.88 Å². The molecular formula is C17H19BrN4O2. The first-order chi connectivity index (χ1) is 11.6. The lowest BCUT2D eigenvalue weighted by molar-refractivity contribution is 0.414. The van der Waals surface area contributed by atoms with Gasteiger partial charge < -0.3 is 9.15 Å². The van der Waals surface area contributed by atoms with E-state index in [0.29, 0.717) is 11.6 Å². The summed E-state index contributed by atoms with van der Waals surface area (Å²) in [5.41, 5.74) is 3.75. The molecular weight excluding hydrogens is 372 g/mol. The number of oxazole rings is 1. The van der Waals surface area contributed by atoms with E-state index in [2.05, 4.69) is 45.3 Å². The molecule has 0 aliphatic heterocycles. The highest BCUT2D eigenvalue weighted by Crippen LogP contribution is 2.27. The van der Waals surface area contributed by atoms with Gasteiger partial charge in [0.15, 0.2) is 0 Å². The van der Waals surface area contributed by atoms with Gasteiger partial charge >= 0.3 is 0 Å². The topological polar surface area (TPSA) is 83.4 Å². The van der Waals surface area contributed by atoms with Crippen LogP contribution in [0.25, 0.3) is 0 Å². The highest BCUT2D eigenvalue weighted by molar-refractivity contribution is 9.10. The fraction of sp³-hybridized carbons (Fsp3) is 0.353. The second-order valence-electron chi connectivity index (χ2n) is 5.11. The predicted molar refractivity (Wildman–Crippen MR) is 96.5 cm³/mol. The quantitative estimate of drug-likeness (QED) is 0.548. The standard InChI is InChI=1S/C17H19BrN4O2/c1-4-11(5-2)16-21-14(9-19)17(24-16)22-20-10-12-8-13(18)6-7-15(12)23-3/h6-8,10-11,22H,4-5H2,1-3H3. The summed E-state index contributed by atoms with van der Waals surface area (Å²) < 4.78 is 11.9. The molecule has 126 valence electrons. The van der Waals surface area contributed by atoms with Gasteiger partial charge in [-0.15, -0.1) is 0 Å². The zero-order valence-corrected chi connectivity index (χ0v) is 15.4. The summed E-state index contributed by atoms with van der Waals surface area (Å²) in [5, 5.41) is 13.3. The van der Waals surface area contributed by atoms with Gasteiger partial charge in [0.2, 0.25) is 11.6 Å². The second-order valence-corrected chi connectivity index (χ2v) is 6.03. The van der Waals surface area contributed by atoms with E-state index in [4.69, 9.17) is 9.15 Å². The minimum atomic E-state index is 0.196. The van der Waals surface area contributed by atoms with Crippen molar-refractivity contribution in [3.63, 3.8) is 0 Å². The minimum Gasteiger partial charge on any atom is -0.496 e. The van der Waals surface area contributed by atoms with E-state index in [1.165, 1.54) is 0 Å². The van der Waals surface area contributed by atoms with Gasteiger partial charge in [-0.3, -0.25) is 0 Å². The molecule has 2 rings (SSSR count). The van der Waals surface area contributed by atoms with Crippen molar-refractivity contribution in [1.82, 2.24) is 4.98 Å². The molecule has 0 saturated heterocycles. The molecule has 0 atom stereocenters. The van der Waals surface area contributed by atoms with Crippen molar-refractivity contribution in [1.29, 1.82) is 5.26 Å². The zero-order valence-electron chi connectivity index (χ0n) is 13.8. The lowest BCUT2D eigenvalue weighted by Crippen LogP contribution is -1.95. The number of methoxy groups -OCH3 is 1. The summed E-state index contributed by atoms with van der Waals surface area (Å²) in [6.07, 6.45) is 3.41. The van der Waals surface area contributed by atoms with Gasteiger partial charge in [-0.05, 0) is 31.0 Å². The van der Waals surface area contributed by atoms with E-state index in [9.17, 15) is 5.26 Å². The number of benzene rings is 1. The number of hydrazone groups is 1.